The molecule has 1 amide bonds. The molecule has 0 bridgehead atoms. The van der Waals surface area contributed by atoms with E-state index in [9.17, 15) is 4.79 Å². The van der Waals surface area contributed by atoms with Crippen molar-refractivity contribution in [2.45, 2.75) is 13.5 Å². The molecule has 0 radical (unpaired) electrons. The van der Waals surface area contributed by atoms with Crippen LogP contribution in [0, 0.1) is 6.92 Å². The minimum Gasteiger partial charge on any atom is -0.493 e. The van der Waals surface area contributed by atoms with Gasteiger partial charge < -0.3 is 19.6 Å². The molecule has 0 heterocycles. The van der Waals surface area contributed by atoms with Crippen molar-refractivity contribution in [2.75, 3.05) is 19.0 Å². The minimum absolute atomic E-state index is 0.228. The molecule has 0 unspecified atom stereocenters. The van der Waals surface area contributed by atoms with Gasteiger partial charge in [-0.3, -0.25) is 4.79 Å². The van der Waals surface area contributed by atoms with E-state index in [1.165, 1.54) is 13.3 Å². The third-order valence-electron chi connectivity index (χ3n) is 4.39. The second kappa shape index (κ2) is 11.4. The van der Waals surface area contributed by atoms with Crippen molar-refractivity contribution in [2.24, 2.45) is 5.16 Å². The largest absolute Gasteiger partial charge is 0.493 e. The Bertz CT molecular complexity index is 1100. The molecule has 3 aromatic rings. The zero-order valence-electron chi connectivity index (χ0n) is 17.6. The number of rotatable bonds is 9. The van der Waals surface area contributed by atoms with Crippen LogP contribution in [0.25, 0.3) is 0 Å². The zero-order valence-corrected chi connectivity index (χ0v) is 19.1. The Hall–Kier alpha value is -3.22. The number of nitrogens with one attached hydrogen (secondary N) is 1. The van der Waals surface area contributed by atoms with Crippen LogP contribution in [-0.2, 0) is 16.2 Å². The predicted octanol–water partition coefficient (Wildman–Crippen LogP) is 5.88. The van der Waals surface area contributed by atoms with E-state index in [4.69, 9.17) is 37.5 Å². The maximum Gasteiger partial charge on any atom is 0.265 e. The molecule has 1 N–H and O–H groups in total. The van der Waals surface area contributed by atoms with Crippen LogP contribution in [0.5, 0.6) is 11.5 Å². The smallest absolute Gasteiger partial charge is 0.265 e. The summed E-state index contributed by atoms with van der Waals surface area (Å²) < 4.78 is 11.2. The van der Waals surface area contributed by atoms with Crippen LogP contribution in [0.1, 0.15) is 16.7 Å². The molecule has 8 heteroatoms. The highest BCUT2D eigenvalue weighted by atomic mass is 35.5. The lowest BCUT2D eigenvalue weighted by Gasteiger charge is -2.14. The first-order valence-electron chi connectivity index (χ1n) is 9.72. The quantitative estimate of drug-likeness (QED) is 0.311. The lowest BCUT2D eigenvalue weighted by Crippen LogP contribution is -2.16. The van der Waals surface area contributed by atoms with Gasteiger partial charge in [-0.1, -0.05) is 64.3 Å². The van der Waals surface area contributed by atoms with E-state index in [2.05, 4.69) is 10.5 Å². The average molecular weight is 473 g/mol. The summed E-state index contributed by atoms with van der Waals surface area (Å²) in [5.74, 6) is 0.512. The fourth-order valence-corrected chi connectivity index (χ4v) is 3.21. The lowest BCUT2D eigenvalue weighted by molar-refractivity contribution is -0.120. The summed E-state index contributed by atoms with van der Waals surface area (Å²) in [4.78, 5) is 17.0. The summed E-state index contributed by atoms with van der Waals surface area (Å²) in [5, 5.41) is 7.51. The summed E-state index contributed by atoms with van der Waals surface area (Å²) in [6, 6.07) is 18.2. The Morgan fingerprint density at radius 1 is 1.06 bits per heavy atom. The Kier molecular flexibility index (Phi) is 8.36. The average Bonchev–Trinajstić information content (AvgIpc) is 2.78. The van der Waals surface area contributed by atoms with Crippen LogP contribution < -0.4 is 14.8 Å². The zero-order chi connectivity index (χ0) is 22.9. The molecule has 0 fully saturated rings. The van der Waals surface area contributed by atoms with Gasteiger partial charge >= 0.3 is 0 Å². The van der Waals surface area contributed by atoms with Crippen molar-refractivity contribution in [3.05, 3.63) is 87.4 Å². The lowest BCUT2D eigenvalue weighted by atomic mass is 10.2. The number of amides is 1. The summed E-state index contributed by atoms with van der Waals surface area (Å²) in [7, 11) is 1.51. The normalized spacial score (nSPS) is 10.8. The number of benzene rings is 3. The number of halogens is 2. The van der Waals surface area contributed by atoms with E-state index in [1.54, 1.807) is 18.2 Å². The number of hydrogen-bond acceptors (Lipinski definition) is 5. The Morgan fingerprint density at radius 3 is 2.53 bits per heavy atom. The summed E-state index contributed by atoms with van der Waals surface area (Å²) >= 11 is 12.5. The van der Waals surface area contributed by atoms with Crippen LogP contribution >= 0.6 is 23.2 Å². The first-order chi connectivity index (χ1) is 15.5. The Labute approximate surface area is 196 Å². The SMILES string of the molecule is COc1cc(/C=N/OCC(=O)Nc2ccc(C)cc2)cc(Cl)c1OCc1ccccc1Cl. The van der Waals surface area contributed by atoms with Gasteiger partial charge in [-0.2, -0.15) is 0 Å². The van der Waals surface area contributed by atoms with Crippen LogP contribution in [0.15, 0.2) is 65.8 Å². The highest BCUT2D eigenvalue weighted by Crippen LogP contribution is 2.37. The second-order valence-corrected chi connectivity index (χ2v) is 7.65. The molecule has 0 aliphatic heterocycles. The number of hydrogen-bond donors (Lipinski definition) is 1. The van der Waals surface area contributed by atoms with Gasteiger partial charge in [0.1, 0.15) is 6.61 Å². The Balaban J connectivity index is 1.57. The van der Waals surface area contributed by atoms with Gasteiger partial charge in [-0.25, -0.2) is 0 Å². The maximum atomic E-state index is 11.9. The fourth-order valence-electron chi connectivity index (χ4n) is 2.75. The fraction of sp³-hybridized carbons (Fsp3) is 0.167. The number of ether oxygens (including phenoxy) is 2. The number of methoxy groups -OCH3 is 1. The topological polar surface area (TPSA) is 69.2 Å². The van der Waals surface area contributed by atoms with Crippen molar-refractivity contribution in [1.29, 1.82) is 0 Å². The van der Waals surface area contributed by atoms with E-state index < -0.39 is 0 Å². The molecular formula is C24H22Cl2N2O4. The Morgan fingerprint density at radius 2 is 1.81 bits per heavy atom. The van der Waals surface area contributed by atoms with Crippen LogP contribution in [-0.4, -0.2) is 25.8 Å². The number of aryl methyl sites for hydroxylation is 1. The van der Waals surface area contributed by atoms with Gasteiger partial charge in [0.2, 0.25) is 0 Å². The molecule has 0 aliphatic carbocycles. The molecule has 0 aliphatic rings. The molecule has 3 rings (SSSR count). The summed E-state index contributed by atoms with van der Waals surface area (Å²) in [6.45, 7) is 1.99. The first kappa shape index (κ1) is 23.4. The number of anilines is 1. The van der Waals surface area contributed by atoms with Crippen LogP contribution in [0.2, 0.25) is 10.0 Å². The summed E-state index contributed by atoms with van der Waals surface area (Å²) in [5.41, 5.74) is 3.25. The summed E-state index contributed by atoms with van der Waals surface area (Å²) in [6.07, 6.45) is 1.44. The van der Waals surface area contributed by atoms with Gasteiger partial charge in [0.05, 0.1) is 18.3 Å². The number of carbonyl (C=O) groups excluding carboxylic acids is 1. The minimum atomic E-state index is -0.315. The van der Waals surface area contributed by atoms with Gasteiger partial charge in [0.25, 0.3) is 5.91 Å². The van der Waals surface area contributed by atoms with Crippen LogP contribution in [0.4, 0.5) is 5.69 Å². The predicted molar refractivity (Wildman–Crippen MR) is 127 cm³/mol. The highest BCUT2D eigenvalue weighted by molar-refractivity contribution is 6.32. The van der Waals surface area contributed by atoms with E-state index in [0.717, 1.165) is 11.1 Å². The van der Waals surface area contributed by atoms with Gasteiger partial charge in [0.15, 0.2) is 18.1 Å². The molecule has 3 aromatic carbocycles. The second-order valence-electron chi connectivity index (χ2n) is 6.84. The molecule has 32 heavy (non-hydrogen) atoms. The van der Waals surface area contributed by atoms with E-state index >= 15 is 0 Å². The van der Waals surface area contributed by atoms with Crippen molar-refractivity contribution in [3.63, 3.8) is 0 Å². The number of oxime groups is 1. The number of carbonyl (C=O) groups is 1. The molecular weight excluding hydrogens is 451 g/mol. The van der Waals surface area contributed by atoms with E-state index in [1.807, 2.05) is 49.4 Å². The monoisotopic (exact) mass is 472 g/mol. The van der Waals surface area contributed by atoms with E-state index in [0.29, 0.717) is 32.8 Å². The van der Waals surface area contributed by atoms with E-state index in [-0.39, 0.29) is 19.1 Å². The number of nitrogens with zero attached hydrogens (tertiary/aromatic N) is 1. The van der Waals surface area contributed by atoms with Crippen molar-refractivity contribution < 1.29 is 19.1 Å². The van der Waals surface area contributed by atoms with Crippen molar-refractivity contribution in [3.8, 4) is 11.5 Å². The standard InChI is InChI=1S/C24H22Cl2N2O4/c1-16-7-9-19(10-8-16)28-23(29)15-32-27-13-17-11-21(26)24(22(12-17)30-2)31-14-18-5-3-4-6-20(18)25/h3-13H,14-15H2,1-2H3,(H,28,29)/b27-13+. The van der Waals surface area contributed by atoms with Gasteiger partial charge in [-0.15, -0.1) is 0 Å². The molecule has 0 atom stereocenters. The molecule has 0 saturated heterocycles. The maximum absolute atomic E-state index is 11.9. The molecule has 166 valence electrons. The molecule has 0 saturated carbocycles. The van der Waals surface area contributed by atoms with Crippen LogP contribution in [0.3, 0.4) is 0 Å². The first-order valence-corrected chi connectivity index (χ1v) is 10.5. The van der Waals surface area contributed by atoms with Gasteiger partial charge in [0, 0.05) is 21.8 Å². The molecule has 0 spiro atoms. The molecule has 0 aromatic heterocycles. The van der Waals surface area contributed by atoms with Crippen molar-refractivity contribution >= 4 is 41.0 Å². The molecule has 6 nitrogen and oxygen atoms in total. The van der Waals surface area contributed by atoms with Gasteiger partial charge in [-0.05, 0) is 37.3 Å². The van der Waals surface area contributed by atoms with Crippen molar-refractivity contribution in [1.82, 2.24) is 0 Å². The highest BCUT2D eigenvalue weighted by Gasteiger charge is 2.13. The third kappa shape index (κ3) is 6.64. The third-order valence-corrected chi connectivity index (χ3v) is 5.04.